The van der Waals surface area contributed by atoms with Crippen LogP contribution < -0.4 is 5.73 Å². The third-order valence-corrected chi connectivity index (χ3v) is 3.75. The molecule has 0 saturated heterocycles. The van der Waals surface area contributed by atoms with Gasteiger partial charge in [0.25, 0.3) is 0 Å². The van der Waals surface area contributed by atoms with E-state index in [1.54, 1.807) is 0 Å². The molecule has 0 heterocycles. The van der Waals surface area contributed by atoms with Gasteiger partial charge in [-0.25, -0.2) is 0 Å². The molecule has 14 heavy (non-hydrogen) atoms. The Morgan fingerprint density at radius 2 is 2.07 bits per heavy atom. The van der Waals surface area contributed by atoms with Crippen molar-refractivity contribution < 1.29 is 5.11 Å². The van der Waals surface area contributed by atoms with Crippen molar-refractivity contribution in [3.63, 3.8) is 0 Å². The van der Waals surface area contributed by atoms with E-state index in [-0.39, 0.29) is 11.5 Å². The Hall–Kier alpha value is -0.0800. The summed E-state index contributed by atoms with van der Waals surface area (Å²) in [7, 11) is 0. The first-order valence-corrected chi connectivity index (χ1v) is 5.85. The number of hydrogen-bond donors (Lipinski definition) is 2. The van der Waals surface area contributed by atoms with Gasteiger partial charge in [0, 0.05) is 5.41 Å². The topological polar surface area (TPSA) is 46.2 Å². The Balaban J connectivity index is 2.55. The fourth-order valence-electron chi connectivity index (χ4n) is 2.53. The van der Waals surface area contributed by atoms with Crippen LogP contribution in [0.15, 0.2) is 0 Å². The second kappa shape index (κ2) is 4.63. The molecule has 0 aliphatic heterocycles. The Bertz CT molecular complexity index is 179. The summed E-state index contributed by atoms with van der Waals surface area (Å²) >= 11 is 0. The highest BCUT2D eigenvalue weighted by Gasteiger charge is 2.34. The highest BCUT2D eigenvalue weighted by atomic mass is 16.3. The van der Waals surface area contributed by atoms with Gasteiger partial charge in [-0.1, -0.05) is 33.6 Å². The van der Waals surface area contributed by atoms with Gasteiger partial charge in [0.15, 0.2) is 0 Å². The fourth-order valence-corrected chi connectivity index (χ4v) is 2.53. The molecule has 0 spiro atoms. The summed E-state index contributed by atoms with van der Waals surface area (Å²) < 4.78 is 0. The summed E-state index contributed by atoms with van der Waals surface area (Å²) in [4.78, 5) is 0. The average molecular weight is 199 g/mol. The van der Waals surface area contributed by atoms with Crippen molar-refractivity contribution in [2.45, 2.75) is 52.6 Å². The van der Waals surface area contributed by atoms with Crippen molar-refractivity contribution in [2.75, 3.05) is 6.54 Å². The summed E-state index contributed by atoms with van der Waals surface area (Å²) in [5, 5.41) is 10.2. The molecule has 0 aromatic heterocycles. The van der Waals surface area contributed by atoms with Gasteiger partial charge in [-0.15, -0.1) is 0 Å². The predicted octanol–water partition coefficient (Wildman–Crippen LogP) is 2.16. The van der Waals surface area contributed by atoms with E-state index in [2.05, 4.69) is 20.8 Å². The molecule has 3 atom stereocenters. The molecule has 1 aliphatic rings. The van der Waals surface area contributed by atoms with Gasteiger partial charge in [-0.2, -0.15) is 0 Å². The molecule has 0 radical (unpaired) electrons. The lowest BCUT2D eigenvalue weighted by molar-refractivity contribution is -0.0139. The van der Waals surface area contributed by atoms with E-state index in [0.29, 0.717) is 12.5 Å². The normalized spacial score (nSPS) is 31.5. The molecule has 1 rings (SSSR count). The smallest absolute Gasteiger partial charge is 0.0631 e. The van der Waals surface area contributed by atoms with E-state index in [4.69, 9.17) is 5.73 Å². The molecule has 0 amide bonds. The maximum Gasteiger partial charge on any atom is 0.0631 e. The zero-order valence-corrected chi connectivity index (χ0v) is 9.79. The quantitative estimate of drug-likeness (QED) is 0.731. The zero-order valence-electron chi connectivity index (χ0n) is 9.79. The maximum absolute atomic E-state index is 10.2. The Kier molecular flexibility index (Phi) is 3.96. The van der Waals surface area contributed by atoms with Crippen LogP contribution >= 0.6 is 0 Å². The van der Waals surface area contributed by atoms with Crippen molar-refractivity contribution >= 4 is 0 Å². The highest BCUT2D eigenvalue weighted by molar-refractivity contribution is 4.86. The predicted molar refractivity (Wildman–Crippen MR) is 60.0 cm³/mol. The maximum atomic E-state index is 10.2. The Morgan fingerprint density at radius 1 is 1.43 bits per heavy atom. The number of nitrogens with two attached hydrogens (primary N) is 1. The van der Waals surface area contributed by atoms with Crippen LogP contribution in [0.3, 0.4) is 0 Å². The number of hydrogen-bond acceptors (Lipinski definition) is 2. The third kappa shape index (κ3) is 2.71. The third-order valence-electron chi connectivity index (χ3n) is 3.75. The number of aliphatic hydroxyl groups excluding tert-OH is 1. The molecular weight excluding hydrogens is 174 g/mol. The molecular formula is C12H25NO. The van der Waals surface area contributed by atoms with Gasteiger partial charge >= 0.3 is 0 Å². The van der Waals surface area contributed by atoms with Crippen LogP contribution in [0.4, 0.5) is 0 Å². The van der Waals surface area contributed by atoms with Crippen LogP contribution in [0, 0.1) is 17.3 Å². The molecule has 1 saturated carbocycles. The highest BCUT2D eigenvalue weighted by Crippen LogP contribution is 2.36. The Labute approximate surface area is 87.9 Å². The lowest BCUT2D eigenvalue weighted by atomic mass is 9.71. The summed E-state index contributed by atoms with van der Waals surface area (Å²) in [5.74, 6) is 1.24. The minimum absolute atomic E-state index is 0.123. The van der Waals surface area contributed by atoms with Crippen LogP contribution in [-0.4, -0.2) is 17.8 Å². The summed E-state index contributed by atoms with van der Waals surface area (Å²) in [6.07, 6.45) is 4.71. The molecule has 2 heteroatoms. The van der Waals surface area contributed by atoms with Crippen molar-refractivity contribution in [1.82, 2.24) is 0 Å². The monoisotopic (exact) mass is 199 g/mol. The van der Waals surface area contributed by atoms with E-state index in [1.807, 2.05) is 0 Å². The first-order valence-electron chi connectivity index (χ1n) is 5.85. The second-order valence-electron chi connectivity index (χ2n) is 5.67. The minimum Gasteiger partial charge on any atom is -0.392 e. The van der Waals surface area contributed by atoms with Crippen LogP contribution in [0.5, 0.6) is 0 Å². The van der Waals surface area contributed by atoms with E-state index < -0.39 is 0 Å². The zero-order chi connectivity index (χ0) is 10.8. The van der Waals surface area contributed by atoms with Crippen LogP contribution in [0.25, 0.3) is 0 Å². The molecule has 3 N–H and O–H groups in total. The molecule has 0 bridgehead atoms. The molecule has 84 valence electrons. The van der Waals surface area contributed by atoms with Gasteiger partial charge < -0.3 is 10.8 Å². The van der Waals surface area contributed by atoms with E-state index in [1.165, 1.54) is 25.7 Å². The molecule has 0 aromatic rings. The molecule has 2 nitrogen and oxygen atoms in total. The van der Waals surface area contributed by atoms with Crippen molar-refractivity contribution in [2.24, 2.45) is 23.0 Å². The van der Waals surface area contributed by atoms with E-state index in [0.717, 1.165) is 5.92 Å². The van der Waals surface area contributed by atoms with E-state index >= 15 is 0 Å². The van der Waals surface area contributed by atoms with Gasteiger partial charge in [0.2, 0.25) is 0 Å². The largest absolute Gasteiger partial charge is 0.392 e. The van der Waals surface area contributed by atoms with Gasteiger partial charge in [0.1, 0.15) is 0 Å². The lowest BCUT2D eigenvalue weighted by Crippen LogP contribution is -2.42. The van der Waals surface area contributed by atoms with Crippen LogP contribution in [-0.2, 0) is 0 Å². The van der Waals surface area contributed by atoms with Gasteiger partial charge in [0.05, 0.1) is 6.10 Å². The second-order valence-corrected chi connectivity index (χ2v) is 5.67. The molecule has 3 unspecified atom stereocenters. The minimum atomic E-state index is -0.227. The molecule has 0 aromatic carbocycles. The molecule has 1 aliphatic carbocycles. The number of rotatable bonds is 3. The van der Waals surface area contributed by atoms with Gasteiger partial charge in [-0.3, -0.25) is 0 Å². The Morgan fingerprint density at radius 3 is 2.57 bits per heavy atom. The SMILES string of the molecule is CC1CCCC(C(O)C(C)(C)CN)C1. The summed E-state index contributed by atoms with van der Waals surface area (Å²) in [6, 6.07) is 0. The van der Waals surface area contributed by atoms with E-state index in [9.17, 15) is 5.11 Å². The lowest BCUT2D eigenvalue weighted by Gasteiger charge is -2.38. The van der Waals surface area contributed by atoms with Gasteiger partial charge in [-0.05, 0) is 31.2 Å². The number of aliphatic hydroxyl groups is 1. The molecule has 1 fully saturated rings. The van der Waals surface area contributed by atoms with Crippen molar-refractivity contribution in [1.29, 1.82) is 0 Å². The van der Waals surface area contributed by atoms with Crippen LogP contribution in [0.2, 0.25) is 0 Å². The van der Waals surface area contributed by atoms with Crippen LogP contribution in [0.1, 0.15) is 46.5 Å². The standard InChI is InChI=1S/C12H25NO/c1-9-5-4-6-10(7-9)11(14)12(2,3)8-13/h9-11,14H,4-8,13H2,1-3H3. The van der Waals surface area contributed by atoms with Crippen molar-refractivity contribution in [3.05, 3.63) is 0 Å². The fraction of sp³-hybridized carbons (Fsp3) is 1.00. The first kappa shape index (κ1) is 12.0. The van der Waals surface area contributed by atoms with Crippen molar-refractivity contribution in [3.8, 4) is 0 Å². The summed E-state index contributed by atoms with van der Waals surface area (Å²) in [5.41, 5.74) is 5.57. The first-order chi connectivity index (χ1) is 6.47. The summed E-state index contributed by atoms with van der Waals surface area (Å²) in [6.45, 7) is 6.99. The average Bonchev–Trinajstić information content (AvgIpc) is 2.16.